The number of rotatable bonds is 2. The van der Waals surface area contributed by atoms with Gasteiger partial charge in [0.25, 0.3) is 0 Å². The molecule has 1 aliphatic rings. The summed E-state index contributed by atoms with van der Waals surface area (Å²) in [5.41, 5.74) is 1.98. The van der Waals surface area contributed by atoms with Crippen molar-refractivity contribution in [2.45, 2.75) is 52.1 Å². The Morgan fingerprint density at radius 3 is 2.65 bits per heavy atom. The molecule has 0 amide bonds. The quantitative estimate of drug-likeness (QED) is 0.817. The Morgan fingerprint density at radius 1 is 1.47 bits per heavy atom. The molecule has 4 heteroatoms. The van der Waals surface area contributed by atoms with Gasteiger partial charge in [-0.25, -0.2) is 4.98 Å². The fourth-order valence-electron chi connectivity index (χ4n) is 2.49. The Balaban J connectivity index is 2.49. The van der Waals surface area contributed by atoms with Crippen LogP contribution in [0.5, 0.6) is 0 Å². The van der Waals surface area contributed by atoms with E-state index in [1.54, 1.807) is 0 Å². The van der Waals surface area contributed by atoms with Gasteiger partial charge in [0.1, 0.15) is 16.1 Å². The molecular formula is C13H20N2OS. The van der Waals surface area contributed by atoms with E-state index in [9.17, 15) is 0 Å². The highest BCUT2D eigenvalue weighted by molar-refractivity contribution is 7.71. The minimum absolute atomic E-state index is 0.284. The molecule has 2 heterocycles. The average molecular weight is 252 g/mol. The maximum atomic E-state index is 5.80. The van der Waals surface area contributed by atoms with Gasteiger partial charge in [-0.2, -0.15) is 0 Å². The highest BCUT2D eigenvalue weighted by Gasteiger charge is 2.34. The lowest BCUT2D eigenvalue weighted by Gasteiger charge is -2.23. The second-order valence-corrected chi connectivity index (χ2v) is 5.65. The summed E-state index contributed by atoms with van der Waals surface area (Å²) in [4.78, 5) is 7.92. The Labute approximate surface area is 108 Å². The first-order valence-corrected chi connectivity index (χ1v) is 6.60. The van der Waals surface area contributed by atoms with Crippen LogP contribution < -0.4 is 0 Å². The van der Waals surface area contributed by atoms with E-state index in [1.807, 2.05) is 0 Å². The molecule has 1 aromatic rings. The third-order valence-electron chi connectivity index (χ3n) is 3.45. The van der Waals surface area contributed by atoms with Crippen molar-refractivity contribution in [2.24, 2.45) is 0 Å². The summed E-state index contributed by atoms with van der Waals surface area (Å²) < 4.78 is 6.51. The molecule has 0 saturated carbocycles. The van der Waals surface area contributed by atoms with Crippen LogP contribution in [-0.2, 0) is 10.3 Å². The van der Waals surface area contributed by atoms with E-state index >= 15 is 0 Å². The first-order valence-electron chi connectivity index (χ1n) is 6.19. The van der Waals surface area contributed by atoms with Crippen LogP contribution in [-0.4, -0.2) is 16.6 Å². The topological polar surface area (TPSA) is 37.9 Å². The highest BCUT2D eigenvalue weighted by atomic mass is 32.1. The minimum atomic E-state index is -0.284. The summed E-state index contributed by atoms with van der Waals surface area (Å²) in [5, 5.41) is 0. The Hall–Kier alpha value is -0.740. The van der Waals surface area contributed by atoms with Crippen LogP contribution in [0.25, 0.3) is 0 Å². The average Bonchev–Trinajstić information content (AvgIpc) is 2.64. The summed E-state index contributed by atoms with van der Waals surface area (Å²) in [6.07, 6.45) is 2.09. The Kier molecular flexibility index (Phi) is 3.36. The monoisotopic (exact) mass is 252 g/mol. The Bertz CT molecular complexity index is 473. The molecule has 0 radical (unpaired) electrons. The van der Waals surface area contributed by atoms with Gasteiger partial charge >= 0.3 is 0 Å². The lowest BCUT2D eigenvalue weighted by molar-refractivity contribution is 0.00905. The Morgan fingerprint density at radius 2 is 2.18 bits per heavy atom. The summed E-state index contributed by atoms with van der Waals surface area (Å²) in [7, 11) is 0. The van der Waals surface area contributed by atoms with Gasteiger partial charge in [0.15, 0.2) is 0 Å². The van der Waals surface area contributed by atoms with Gasteiger partial charge in [-0.15, -0.1) is 0 Å². The van der Waals surface area contributed by atoms with Crippen molar-refractivity contribution < 1.29 is 4.74 Å². The van der Waals surface area contributed by atoms with Gasteiger partial charge in [0.2, 0.25) is 0 Å². The van der Waals surface area contributed by atoms with Gasteiger partial charge in [-0.3, -0.25) is 0 Å². The standard InChI is InChI=1S/C13H20N2OS/c1-8(2)10-9(3)14-12(15-11(10)17)13(4)6-5-7-16-13/h8H,5-7H2,1-4H3,(H,14,15,17). The van der Waals surface area contributed by atoms with Crippen LogP contribution in [0, 0.1) is 11.6 Å². The van der Waals surface area contributed by atoms with E-state index in [1.165, 1.54) is 0 Å². The zero-order valence-electron chi connectivity index (χ0n) is 11.0. The molecule has 1 aliphatic heterocycles. The predicted octanol–water partition coefficient (Wildman–Crippen LogP) is 3.60. The number of nitrogens with zero attached hydrogens (tertiary/aromatic N) is 1. The van der Waals surface area contributed by atoms with E-state index < -0.39 is 0 Å². The van der Waals surface area contributed by atoms with Gasteiger partial charge in [-0.1, -0.05) is 26.1 Å². The molecular weight excluding hydrogens is 232 g/mol. The van der Waals surface area contributed by atoms with Crippen molar-refractivity contribution >= 4 is 12.2 Å². The lowest BCUT2D eigenvalue weighted by Crippen LogP contribution is -2.24. The van der Waals surface area contributed by atoms with Crippen molar-refractivity contribution in [3.05, 3.63) is 21.7 Å². The normalized spacial score (nSPS) is 24.5. The molecule has 1 N–H and O–H groups in total. The van der Waals surface area contributed by atoms with E-state index in [0.29, 0.717) is 10.6 Å². The molecule has 3 nitrogen and oxygen atoms in total. The number of aromatic nitrogens is 2. The fraction of sp³-hybridized carbons (Fsp3) is 0.692. The van der Waals surface area contributed by atoms with E-state index in [0.717, 1.165) is 36.5 Å². The molecule has 1 saturated heterocycles. The molecule has 94 valence electrons. The van der Waals surface area contributed by atoms with Crippen molar-refractivity contribution in [2.75, 3.05) is 6.61 Å². The van der Waals surface area contributed by atoms with Crippen molar-refractivity contribution in [1.82, 2.24) is 9.97 Å². The largest absolute Gasteiger partial charge is 0.367 e. The second-order valence-electron chi connectivity index (χ2n) is 5.27. The van der Waals surface area contributed by atoms with Gasteiger partial charge < -0.3 is 9.72 Å². The second kappa shape index (κ2) is 4.50. The smallest absolute Gasteiger partial charge is 0.140 e. The fourth-order valence-corrected chi connectivity index (χ4v) is 2.97. The van der Waals surface area contributed by atoms with Crippen molar-refractivity contribution in [3.8, 4) is 0 Å². The first kappa shape index (κ1) is 12.7. The first-order chi connectivity index (χ1) is 7.94. The number of H-pyrrole nitrogens is 1. The molecule has 0 spiro atoms. The third-order valence-corrected chi connectivity index (χ3v) is 3.76. The molecule has 1 atom stereocenters. The van der Waals surface area contributed by atoms with Crippen LogP contribution in [0.1, 0.15) is 56.6 Å². The summed E-state index contributed by atoms with van der Waals surface area (Å²) in [6.45, 7) is 9.24. The van der Waals surface area contributed by atoms with E-state index in [2.05, 4.69) is 37.7 Å². The predicted molar refractivity (Wildman–Crippen MR) is 70.8 cm³/mol. The number of aryl methyl sites for hydroxylation is 1. The SMILES string of the molecule is Cc1[nH]c(C2(C)CCCO2)nc(=S)c1C(C)C. The molecule has 1 unspecified atom stereocenters. The van der Waals surface area contributed by atoms with E-state index in [4.69, 9.17) is 17.0 Å². The zero-order valence-corrected chi connectivity index (χ0v) is 11.8. The van der Waals surface area contributed by atoms with Crippen LogP contribution >= 0.6 is 12.2 Å². The summed E-state index contributed by atoms with van der Waals surface area (Å²) >= 11 is 5.40. The molecule has 1 aromatic heterocycles. The van der Waals surface area contributed by atoms with Crippen molar-refractivity contribution in [3.63, 3.8) is 0 Å². The number of ether oxygens (including phenoxy) is 1. The molecule has 0 bridgehead atoms. The number of hydrogen-bond acceptors (Lipinski definition) is 3. The molecule has 1 fully saturated rings. The maximum Gasteiger partial charge on any atom is 0.140 e. The third kappa shape index (κ3) is 2.29. The van der Waals surface area contributed by atoms with Crippen LogP contribution in [0.15, 0.2) is 0 Å². The highest BCUT2D eigenvalue weighted by Crippen LogP contribution is 2.34. The van der Waals surface area contributed by atoms with Crippen molar-refractivity contribution in [1.29, 1.82) is 0 Å². The summed E-state index contributed by atoms with van der Waals surface area (Å²) in [6, 6.07) is 0. The maximum absolute atomic E-state index is 5.80. The lowest BCUT2D eigenvalue weighted by atomic mass is 10.00. The number of aromatic amines is 1. The molecule has 17 heavy (non-hydrogen) atoms. The number of hydrogen-bond donors (Lipinski definition) is 1. The van der Waals surface area contributed by atoms with Crippen LogP contribution in [0.2, 0.25) is 0 Å². The zero-order chi connectivity index (χ0) is 12.6. The van der Waals surface area contributed by atoms with Gasteiger partial charge in [-0.05, 0) is 32.6 Å². The molecule has 0 aromatic carbocycles. The van der Waals surface area contributed by atoms with Gasteiger partial charge in [0.05, 0.1) is 0 Å². The minimum Gasteiger partial charge on any atom is -0.367 e. The van der Waals surface area contributed by atoms with E-state index in [-0.39, 0.29) is 5.60 Å². The molecule has 2 rings (SSSR count). The summed E-state index contributed by atoms with van der Waals surface area (Å²) in [5.74, 6) is 1.28. The van der Waals surface area contributed by atoms with Crippen LogP contribution in [0.4, 0.5) is 0 Å². The number of nitrogens with one attached hydrogen (secondary N) is 1. The van der Waals surface area contributed by atoms with Gasteiger partial charge in [0, 0.05) is 17.9 Å². The van der Waals surface area contributed by atoms with Crippen LogP contribution in [0.3, 0.4) is 0 Å². The molecule has 0 aliphatic carbocycles.